The fourth-order valence-corrected chi connectivity index (χ4v) is 5.37. The van der Waals surface area contributed by atoms with E-state index in [1.807, 2.05) is 18.2 Å². The van der Waals surface area contributed by atoms with Crippen molar-refractivity contribution >= 4 is 23.6 Å². The number of carbonyl (C=O) groups is 2. The molecule has 7 heteroatoms. The van der Waals surface area contributed by atoms with E-state index in [4.69, 9.17) is 9.47 Å². The highest BCUT2D eigenvalue weighted by Crippen LogP contribution is 2.43. The quantitative estimate of drug-likeness (QED) is 0.834. The molecule has 1 aliphatic carbocycles. The van der Waals surface area contributed by atoms with Gasteiger partial charge in [0.05, 0.1) is 14.2 Å². The zero-order chi connectivity index (χ0) is 19.4. The molecule has 0 spiro atoms. The van der Waals surface area contributed by atoms with Crippen LogP contribution in [-0.2, 0) is 9.59 Å². The van der Waals surface area contributed by atoms with E-state index in [1.165, 1.54) is 13.3 Å². The molecular formula is C20H28N2O4S. The number of amides is 2. The number of nitrogens with one attached hydrogen (secondary N) is 1. The molecule has 6 nitrogen and oxygen atoms in total. The van der Waals surface area contributed by atoms with Crippen LogP contribution < -0.4 is 14.8 Å². The van der Waals surface area contributed by atoms with Gasteiger partial charge in [-0.3, -0.25) is 9.59 Å². The zero-order valence-corrected chi connectivity index (χ0v) is 17.0. The molecule has 0 radical (unpaired) electrons. The van der Waals surface area contributed by atoms with Gasteiger partial charge in [-0.05, 0) is 30.5 Å². The Kier molecular flexibility index (Phi) is 6.52. The third-order valence-corrected chi connectivity index (χ3v) is 6.63. The van der Waals surface area contributed by atoms with Gasteiger partial charge < -0.3 is 19.7 Å². The fraction of sp³-hybridized carbons (Fsp3) is 0.600. The molecule has 1 N–H and O–H groups in total. The maximum Gasteiger partial charge on any atom is 0.243 e. The van der Waals surface area contributed by atoms with Crippen LogP contribution in [0.1, 0.15) is 50.0 Å². The molecule has 1 heterocycles. The summed E-state index contributed by atoms with van der Waals surface area (Å²) >= 11 is 1.61. The van der Waals surface area contributed by atoms with Gasteiger partial charge in [0.15, 0.2) is 11.5 Å². The summed E-state index contributed by atoms with van der Waals surface area (Å²) in [7, 11) is 3.18. The molecule has 1 aliphatic heterocycles. The fourth-order valence-electron chi connectivity index (χ4n) is 3.90. The molecule has 2 atom stereocenters. The number of methoxy groups -OCH3 is 2. The maximum atomic E-state index is 12.9. The van der Waals surface area contributed by atoms with Gasteiger partial charge in [-0.1, -0.05) is 25.3 Å². The predicted octanol–water partition coefficient (Wildman–Crippen LogP) is 3.12. The second kappa shape index (κ2) is 8.87. The molecule has 1 aromatic rings. The summed E-state index contributed by atoms with van der Waals surface area (Å²) in [5, 5.41) is 2.96. The van der Waals surface area contributed by atoms with Gasteiger partial charge in [0, 0.05) is 18.7 Å². The summed E-state index contributed by atoms with van der Waals surface area (Å²) in [6.07, 6.45) is 5.63. The standard InChI is InChI=1S/C20H28N2O4S/c1-13(23)22-16(19(24)21-15-7-5-4-6-8-15)12-27-20(22)14-9-10-17(25-2)18(11-14)26-3/h9-11,15-16,20H,4-8,12H2,1-3H3,(H,21,24). The van der Waals surface area contributed by atoms with Crippen LogP contribution in [0.3, 0.4) is 0 Å². The molecule has 0 aromatic heterocycles. The van der Waals surface area contributed by atoms with Gasteiger partial charge in [0.2, 0.25) is 11.8 Å². The Labute approximate surface area is 165 Å². The van der Waals surface area contributed by atoms with E-state index < -0.39 is 6.04 Å². The number of thioether (sulfide) groups is 1. The second-order valence-electron chi connectivity index (χ2n) is 7.09. The van der Waals surface area contributed by atoms with E-state index >= 15 is 0 Å². The molecule has 1 saturated heterocycles. The first kappa shape index (κ1) is 19.9. The number of carbonyl (C=O) groups excluding carboxylic acids is 2. The number of ether oxygens (including phenoxy) is 2. The van der Waals surface area contributed by atoms with Gasteiger partial charge in [-0.15, -0.1) is 11.8 Å². The molecule has 3 rings (SSSR count). The van der Waals surface area contributed by atoms with Gasteiger partial charge >= 0.3 is 0 Å². The minimum absolute atomic E-state index is 0.0347. The van der Waals surface area contributed by atoms with Crippen LogP contribution in [0.5, 0.6) is 11.5 Å². The van der Waals surface area contributed by atoms with Crippen molar-refractivity contribution in [1.82, 2.24) is 10.2 Å². The van der Waals surface area contributed by atoms with E-state index in [2.05, 4.69) is 5.32 Å². The Bertz CT molecular complexity index is 691. The summed E-state index contributed by atoms with van der Waals surface area (Å²) in [4.78, 5) is 27.0. The topological polar surface area (TPSA) is 67.9 Å². The Morgan fingerprint density at radius 2 is 1.81 bits per heavy atom. The van der Waals surface area contributed by atoms with Crippen molar-refractivity contribution in [2.24, 2.45) is 0 Å². The van der Waals surface area contributed by atoms with Crippen LogP contribution in [0, 0.1) is 0 Å². The smallest absolute Gasteiger partial charge is 0.243 e. The highest BCUT2D eigenvalue weighted by atomic mass is 32.2. The van der Waals surface area contributed by atoms with E-state index in [1.54, 1.807) is 30.9 Å². The Balaban J connectivity index is 1.77. The first-order chi connectivity index (χ1) is 13.0. The van der Waals surface area contributed by atoms with Crippen LogP contribution in [0.15, 0.2) is 18.2 Å². The normalized spacial score (nSPS) is 23.1. The van der Waals surface area contributed by atoms with E-state index in [9.17, 15) is 9.59 Å². The molecule has 1 saturated carbocycles. The van der Waals surface area contributed by atoms with E-state index in [0.29, 0.717) is 17.3 Å². The van der Waals surface area contributed by atoms with Crippen LogP contribution in [-0.4, -0.2) is 48.8 Å². The van der Waals surface area contributed by atoms with Gasteiger partial charge in [-0.25, -0.2) is 0 Å². The molecular weight excluding hydrogens is 364 g/mol. The molecule has 2 fully saturated rings. The van der Waals surface area contributed by atoms with E-state index in [0.717, 1.165) is 31.2 Å². The lowest BCUT2D eigenvalue weighted by Gasteiger charge is -2.30. The number of nitrogens with zero attached hydrogens (tertiary/aromatic N) is 1. The van der Waals surface area contributed by atoms with Crippen molar-refractivity contribution in [2.75, 3.05) is 20.0 Å². The highest BCUT2D eigenvalue weighted by molar-refractivity contribution is 7.99. The molecule has 1 aromatic carbocycles. The molecule has 2 unspecified atom stereocenters. The Hall–Kier alpha value is -1.89. The summed E-state index contributed by atoms with van der Waals surface area (Å²) in [6, 6.07) is 5.45. The number of rotatable bonds is 5. The second-order valence-corrected chi connectivity index (χ2v) is 8.20. The van der Waals surface area contributed by atoms with Crippen LogP contribution in [0.4, 0.5) is 0 Å². The summed E-state index contributed by atoms with van der Waals surface area (Å²) in [5.74, 6) is 1.73. The van der Waals surface area contributed by atoms with Crippen molar-refractivity contribution in [3.63, 3.8) is 0 Å². The Morgan fingerprint density at radius 3 is 2.44 bits per heavy atom. The average molecular weight is 393 g/mol. The van der Waals surface area contributed by atoms with Crippen molar-refractivity contribution < 1.29 is 19.1 Å². The zero-order valence-electron chi connectivity index (χ0n) is 16.2. The monoisotopic (exact) mass is 392 g/mol. The predicted molar refractivity (Wildman–Crippen MR) is 106 cm³/mol. The molecule has 0 bridgehead atoms. The van der Waals surface area contributed by atoms with Crippen molar-refractivity contribution in [3.8, 4) is 11.5 Å². The molecule has 2 aliphatic rings. The summed E-state index contributed by atoms with van der Waals surface area (Å²) < 4.78 is 10.7. The number of benzene rings is 1. The SMILES string of the molecule is COc1ccc(C2SCC(C(=O)NC3CCCCC3)N2C(C)=O)cc1OC. The third kappa shape index (κ3) is 4.34. The first-order valence-corrected chi connectivity index (χ1v) is 10.5. The lowest BCUT2D eigenvalue weighted by molar-refractivity contribution is -0.138. The van der Waals surface area contributed by atoms with Crippen LogP contribution in [0.25, 0.3) is 0 Å². The van der Waals surface area contributed by atoms with Crippen LogP contribution >= 0.6 is 11.8 Å². The summed E-state index contributed by atoms with van der Waals surface area (Å²) in [6.45, 7) is 1.53. The first-order valence-electron chi connectivity index (χ1n) is 9.48. The largest absolute Gasteiger partial charge is 0.493 e. The molecule has 148 valence electrons. The van der Waals surface area contributed by atoms with Crippen molar-refractivity contribution in [2.45, 2.75) is 56.5 Å². The van der Waals surface area contributed by atoms with Crippen molar-refractivity contribution in [3.05, 3.63) is 23.8 Å². The maximum absolute atomic E-state index is 12.9. The number of hydrogen-bond acceptors (Lipinski definition) is 5. The third-order valence-electron chi connectivity index (χ3n) is 5.31. The van der Waals surface area contributed by atoms with Crippen LogP contribution in [0.2, 0.25) is 0 Å². The van der Waals surface area contributed by atoms with Gasteiger partial charge in [0.1, 0.15) is 11.4 Å². The molecule has 2 amide bonds. The van der Waals surface area contributed by atoms with Crippen molar-refractivity contribution in [1.29, 1.82) is 0 Å². The average Bonchev–Trinajstić information content (AvgIpc) is 3.13. The molecule has 27 heavy (non-hydrogen) atoms. The minimum Gasteiger partial charge on any atom is -0.493 e. The highest BCUT2D eigenvalue weighted by Gasteiger charge is 2.41. The number of hydrogen-bond donors (Lipinski definition) is 1. The minimum atomic E-state index is -0.437. The lowest BCUT2D eigenvalue weighted by Crippen LogP contribution is -2.50. The van der Waals surface area contributed by atoms with E-state index in [-0.39, 0.29) is 23.2 Å². The van der Waals surface area contributed by atoms with Gasteiger partial charge in [-0.2, -0.15) is 0 Å². The van der Waals surface area contributed by atoms with Gasteiger partial charge in [0.25, 0.3) is 0 Å². The Morgan fingerprint density at radius 1 is 1.11 bits per heavy atom. The summed E-state index contributed by atoms with van der Waals surface area (Å²) in [5.41, 5.74) is 0.931. The lowest BCUT2D eigenvalue weighted by atomic mass is 9.95.